The summed E-state index contributed by atoms with van der Waals surface area (Å²) in [5.74, 6) is 1.95. The molecule has 0 aromatic heterocycles. The average Bonchev–Trinajstić information content (AvgIpc) is 2.58. The highest BCUT2D eigenvalue weighted by atomic mass is 79.9. The van der Waals surface area contributed by atoms with Gasteiger partial charge in [-0.25, -0.2) is 0 Å². The molecule has 0 aliphatic carbocycles. The molecule has 1 aromatic rings. The number of hydrogen-bond acceptors (Lipinski definition) is 3. The molecule has 1 heterocycles. The van der Waals surface area contributed by atoms with Crippen LogP contribution in [0.5, 0.6) is 5.75 Å². The van der Waals surface area contributed by atoms with Gasteiger partial charge in [0.1, 0.15) is 5.75 Å². The molecule has 0 amide bonds. The Balaban J connectivity index is 2.45. The third kappa shape index (κ3) is 1.61. The normalized spacial score (nSPS) is 14.4. The Hall–Kier alpha value is -0.350. The second kappa shape index (κ2) is 4.03. The van der Waals surface area contributed by atoms with Gasteiger partial charge in [0.15, 0.2) is 0 Å². The molecule has 1 aliphatic heterocycles. The van der Waals surface area contributed by atoms with Gasteiger partial charge in [-0.3, -0.25) is 0 Å². The third-order valence-electron chi connectivity index (χ3n) is 2.33. The van der Waals surface area contributed by atoms with Gasteiger partial charge in [-0.2, -0.15) is 0 Å². The van der Waals surface area contributed by atoms with Gasteiger partial charge in [0.2, 0.25) is 0 Å². The molecule has 0 saturated heterocycles. The van der Waals surface area contributed by atoms with E-state index in [4.69, 9.17) is 4.74 Å². The van der Waals surface area contributed by atoms with Crippen molar-refractivity contribution in [3.63, 3.8) is 0 Å². The highest BCUT2D eigenvalue weighted by Gasteiger charge is 2.20. The number of hydrogen-bond donors (Lipinski definition) is 0. The summed E-state index contributed by atoms with van der Waals surface area (Å²) in [6.45, 7) is 3.22. The molecule has 2 nitrogen and oxygen atoms in total. The van der Waals surface area contributed by atoms with Crippen molar-refractivity contribution in [1.29, 1.82) is 0 Å². The summed E-state index contributed by atoms with van der Waals surface area (Å²) in [5.41, 5.74) is 1.29. The Morgan fingerprint density at radius 2 is 2.36 bits per heavy atom. The lowest BCUT2D eigenvalue weighted by Gasteiger charge is -2.16. The zero-order chi connectivity index (χ0) is 10.1. The van der Waals surface area contributed by atoms with Crippen molar-refractivity contribution in [3.05, 3.63) is 16.6 Å². The Morgan fingerprint density at radius 3 is 3.00 bits per heavy atom. The van der Waals surface area contributed by atoms with Gasteiger partial charge in [-0.15, -0.1) is 11.8 Å². The monoisotopic (exact) mass is 273 g/mol. The predicted molar refractivity (Wildman–Crippen MR) is 64.4 cm³/mol. The molecule has 14 heavy (non-hydrogen) atoms. The summed E-state index contributed by atoms with van der Waals surface area (Å²) in [7, 11) is 1.70. The van der Waals surface area contributed by atoms with Crippen LogP contribution in [0.15, 0.2) is 21.5 Å². The SMILES string of the molecule is CCN1CSc2cc(Br)c(OC)cc21. The number of halogens is 1. The molecule has 1 aromatic carbocycles. The number of thioether (sulfide) groups is 1. The molecule has 1 aliphatic rings. The van der Waals surface area contributed by atoms with Crippen LogP contribution in [0.1, 0.15) is 6.92 Å². The largest absolute Gasteiger partial charge is 0.495 e. The topological polar surface area (TPSA) is 12.5 Å². The summed E-state index contributed by atoms with van der Waals surface area (Å²) in [5, 5.41) is 0. The summed E-state index contributed by atoms with van der Waals surface area (Å²) >= 11 is 5.37. The zero-order valence-electron chi connectivity index (χ0n) is 8.21. The van der Waals surface area contributed by atoms with Gasteiger partial charge >= 0.3 is 0 Å². The third-order valence-corrected chi connectivity index (χ3v) is 4.03. The van der Waals surface area contributed by atoms with Gasteiger partial charge in [0.05, 0.1) is 23.1 Å². The second-order valence-electron chi connectivity index (χ2n) is 3.08. The van der Waals surface area contributed by atoms with E-state index in [-0.39, 0.29) is 0 Å². The van der Waals surface area contributed by atoms with Gasteiger partial charge in [-0.1, -0.05) is 0 Å². The van der Waals surface area contributed by atoms with Crippen LogP contribution in [0.25, 0.3) is 0 Å². The lowest BCUT2D eigenvalue weighted by Crippen LogP contribution is -2.17. The van der Waals surface area contributed by atoms with E-state index < -0.39 is 0 Å². The first-order chi connectivity index (χ1) is 6.76. The lowest BCUT2D eigenvalue weighted by atomic mass is 10.3. The summed E-state index contributed by atoms with van der Waals surface area (Å²) in [6, 6.07) is 4.23. The van der Waals surface area contributed by atoms with E-state index in [2.05, 4.69) is 39.9 Å². The van der Waals surface area contributed by atoms with Crippen LogP contribution in [-0.2, 0) is 0 Å². The molecule has 0 spiro atoms. The van der Waals surface area contributed by atoms with Crippen LogP contribution in [0, 0.1) is 0 Å². The molecule has 0 saturated carbocycles. The first kappa shape index (κ1) is 10.2. The first-order valence-corrected chi connectivity index (χ1v) is 6.29. The van der Waals surface area contributed by atoms with Crippen molar-refractivity contribution in [3.8, 4) is 5.75 Å². The molecule has 0 radical (unpaired) electrons. The Bertz CT molecular complexity index is 356. The Kier molecular flexibility index (Phi) is 2.93. The molecule has 0 N–H and O–H groups in total. The van der Waals surface area contributed by atoms with Crippen molar-refractivity contribution in [1.82, 2.24) is 0 Å². The zero-order valence-corrected chi connectivity index (χ0v) is 10.6. The molecular formula is C10H12BrNOS. The van der Waals surface area contributed by atoms with Crippen molar-refractivity contribution in [2.45, 2.75) is 11.8 Å². The van der Waals surface area contributed by atoms with Crippen LogP contribution < -0.4 is 9.64 Å². The first-order valence-electron chi connectivity index (χ1n) is 4.51. The standard InChI is InChI=1S/C10H12BrNOS/c1-3-12-6-14-10-4-7(11)9(13-2)5-8(10)12/h4-5H,3,6H2,1-2H3. The summed E-state index contributed by atoms with van der Waals surface area (Å²) < 4.78 is 6.31. The van der Waals surface area contributed by atoms with Crippen molar-refractivity contribution < 1.29 is 4.74 Å². The maximum atomic E-state index is 5.28. The van der Waals surface area contributed by atoms with Crippen LogP contribution >= 0.6 is 27.7 Å². The van der Waals surface area contributed by atoms with E-state index in [1.807, 2.05) is 11.8 Å². The fourth-order valence-corrected chi connectivity index (χ4v) is 3.33. The predicted octanol–water partition coefficient (Wildman–Crippen LogP) is 3.35. The number of ether oxygens (including phenoxy) is 1. The Labute approximate surface area is 96.7 Å². The van der Waals surface area contributed by atoms with Crippen LogP contribution in [0.4, 0.5) is 5.69 Å². The molecule has 4 heteroatoms. The van der Waals surface area contributed by atoms with E-state index in [9.17, 15) is 0 Å². The highest BCUT2D eigenvalue weighted by Crippen LogP contribution is 2.43. The van der Waals surface area contributed by atoms with Crippen LogP contribution in [-0.4, -0.2) is 19.5 Å². The quantitative estimate of drug-likeness (QED) is 0.820. The molecule has 0 bridgehead atoms. The van der Waals surface area contributed by atoms with Gasteiger partial charge in [0.25, 0.3) is 0 Å². The lowest BCUT2D eigenvalue weighted by molar-refractivity contribution is 0.412. The second-order valence-corrected chi connectivity index (χ2v) is 4.93. The molecular weight excluding hydrogens is 262 g/mol. The number of methoxy groups -OCH3 is 1. The fourth-order valence-electron chi connectivity index (χ4n) is 1.52. The fraction of sp³-hybridized carbons (Fsp3) is 0.400. The van der Waals surface area contributed by atoms with Crippen LogP contribution in [0.2, 0.25) is 0 Å². The van der Waals surface area contributed by atoms with Gasteiger partial charge in [0, 0.05) is 17.5 Å². The highest BCUT2D eigenvalue weighted by molar-refractivity contribution is 9.10. The summed E-state index contributed by atoms with van der Waals surface area (Å²) in [6.07, 6.45) is 0. The van der Waals surface area contributed by atoms with Crippen molar-refractivity contribution >= 4 is 33.4 Å². The average molecular weight is 274 g/mol. The van der Waals surface area contributed by atoms with Crippen LogP contribution in [0.3, 0.4) is 0 Å². The molecule has 76 valence electrons. The van der Waals surface area contributed by atoms with E-state index >= 15 is 0 Å². The van der Waals surface area contributed by atoms with Gasteiger partial charge < -0.3 is 9.64 Å². The van der Waals surface area contributed by atoms with Crippen molar-refractivity contribution in [2.75, 3.05) is 24.4 Å². The van der Waals surface area contributed by atoms with E-state index in [1.165, 1.54) is 10.6 Å². The smallest absolute Gasteiger partial charge is 0.135 e. The number of anilines is 1. The number of fused-ring (bicyclic) bond motifs is 1. The minimum Gasteiger partial charge on any atom is -0.495 e. The van der Waals surface area contributed by atoms with E-state index in [1.54, 1.807) is 7.11 Å². The number of benzene rings is 1. The molecule has 2 rings (SSSR count). The Morgan fingerprint density at radius 1 is 1.57 bits per heavy atom. The maximum Gasteiger partial charge on any atom is 0.135 e. The van der Waals surface area contributed by atoms with E-state index in [0.717, 1.165) is 22.6 Å². The summed E-state index contributed by atoms with van der Waals surface area (Å²) in [4.78, 5) is 3.68. The van der Waals surface area contributed by atoms with Crippen molar-refractivity contribution in [2.24, 2.45) is 0 Å². The molecule has 0 atom stereocenters. The van der Waals surface area contributed by atoms with E-state index in [0.29, 0.717) is 0 Å². The van der Waals surface area contributed by atoms with Gasteiger partial charge in [-0.05, 0) is 28.9 Å². The minimum absolute atomic E-state index is 0.907. The number of rotatable bonds is 2. The maximum absolute atomic E-state index is 5.28. The molecule has 0 fully saturated rings. The molecule has 0 unspecified atom stereocenters. The number of nitrogens with zero attached hydrogens (tertiary/aromatic N) is 1. The minimum atomic E-state index is 0.907.